The van der Waals surface area contributed by atoms with Gasteiger partial charge in [0.25, 0.3) is 0 Å². The molecule has 0 aliphatic heterocycles. The second-order valence-electron chi connectivity index (χ2n) is 4.25. The zero-order chi connectivity index (χ0) is 12.2. The summed E-state index contributed by atoms with van der Waals surface area (Å²) in [4.78, 5) is 7.53. The molecule has 0 spiro atoms. The Labute approximate surface area is 106 Å². The third-order valence-electron chi connectivity index (χ3n) is 3.04. The SMILES string of the molecule is c1ccc(NCCc2c[nH]c3ccccc23)nc1. The van der Waals surface area contributed by atoms with Crippen LogP contribution in [0.2, 0.25) is 0 Å². The molecule has 0 bridgehead atoms. The summed E-state index contributed by atoms with van der Waals surface area (Å²) >= 11 is 0. The number of aromatic nitrogens is 2. The number of pyridine rings is 1. The lowest BCUT2D eigenvalue weighted by molar-refractivity contribution is 1.01. The first kappa shape index (κ1) is 10.8. The summed E-state index contributed by atoms with van der Waals surface area (Å²) in [6.07, 6.45) is 4.87. The van der Waals surface area contributed by atoms with Crippen molar-refractivity contribution in [1.29, 1.82) is 0 Å². The fourth-order valence-corrected chi connectivity index (χ4v) is 2.13. The maximum absolute atomic E-state index is 4.24. The van der Waals surface area contributed by atoms with Gasteiger partial charge in [-0.1, -0.05) is 24.3 Å². The predicted octanol–water partition coefficient (Wildman–Crippen LogP) is 3.22. The Hall–Kier alpha value is -2.29. The third-order valence-corrected chi connectivity index (χ3v) is 3.04. The monoisotopic (exact) mass is 237 g/mol. The van der Waals surface area contributed by atoms with Crippen LogP contribution >= 0.6 is 0 Å². The van der Waals surface area contributed by atoms with Crippen LogP contribution in [0.1, 0.15) is 5.56 Å². The van der Waals surface area contributed by atoms with Gasteiger partial charge in [-0.2, -0.15) is 0 Å². The second-order valence-corrected chi connectivity index (χ2v) is 4.25. The van der Waals surface area contributed by atoms with Crippen molar-refractivity contribution in [1.82, 2.24) is 9.97 Å². The van der Waals surface area contributed by atoms with Crippen molar-refractivity contribution >= 4 is 16.7 Å². The van der Waals surface area contributed by atoms with Crippen LogP contribution in [0.15, 0.2) is 54.9 Å². The van der Waals surface area contributed by atoms with Gasteiger partial charge in [0.1, 0.15) is 5.82 Å². The second kappa shape index (κ2) is 4.92. The highest BCUT2D eigenvalue weighted by Gasteiger charge is 2.02. The molecule has 0 unspecified atom stereocenters. The van der Waals surface area contributed by atoms with E-state index in [-0.39, 0.29) is 0 Å². The van der Waals surface area contributed by atoms with Gasteiger partial charge in [0, 0.05) is 29.8 Å². The minimum absolute atomic E-state index is 0.888. The van der Waals surface area contributed by atoms with E-state index in [2.05, 4.69) is 45.7 Å². The molecule has 2 N–H and O–H groups in total. The maximum Gasteiger partial charge on any atom is 0.125 e. The Morgan fingerprint density at radius 2 is 1.94 bits per heavy atom. The van der Waals surface area contributed by atoms with Gasteiger partial charge in [0.15, 0.2) is 0 Å². The van der Waals surface area contributed by atoms with Crippen LogP contribution in [0.3, 0.4) is 0 Å². The van der Waals surface area contributed by atoms with E-state index >= 15 is 0 Å². The highest BCUT2D eigenvalue weighted by atomic mass is 15.0. The maximum atomic E-state index is 4.24. The van der Waals surface area contributed by atoms with Crippen LogP contribution in [0.25, 0.3) is 10.9 Å². The van der Waals surface area contributed by atoms with Crippen molar-refractivity contribution in [3.63, 3.8) is 0 Å². The smallest absolute Gasteiger partial charge is 0.125 e. The molecule has 0 aliphatic carbocycles. The Kier molecular flexibility index (Phi) is 2.96. The van der Waals surface area contributed by atoms with E-state index in [9.17, 15) is 0 Å². The lowest BCUT2D eigenvalue weighted by atomic mass is 10.1. The third kappa shape index (κ3) is 2.20. The van der Waals surface area contributed by atoms with Gasteiger partial charge in [-0.05, 0) is 30.2 Å². The quantitative estimate of drug-likeness (QED) is 0.731. The molecule has 0 atom stereocenters. The van der Waals surface area contributed by atoms with Crippen molar-refractivity contribution in [2.45, 2.75) is 6.42 Å². The van der Waals surface area contributed by atoms with Crippen LogP contribution in [-0.4, -0.2) is 16.5 Å². The molecule has 0 radical (unpaired) electrons. The molecule has 3 aromatic rings. The number of hydrogen-bond acceptors (Lipinski definition) is 2. The van der Waals surface area contributed by atoms with Crippen molar-refractivity contribution in [3.05, 3.63) is 60.4 Å². The number of para-hydroxylation sites is 1. The molecule has 18 heavy (non-hydrogen) atoms. The van der Waals surface area contributed by atoms with Crippen LogP contribution in [-0.2, 0) is 6.42 Å². The lowest BCUT2D eigenvalue weighted by Gasteiger charge is -2.04. The van der Waals surface area contributed by atoms with Gasteiger partial charge < -0.3 is 10.3 Å². The fourth-order valence-electron chi connectivity index (χ4n) is 2.13. The minimum Gasteiger partial charge on any atom is -0.370 e. The number of aromatic amines is 1. The lowest BCUT2D eigenvalue weighted by Crippen LogP contribution is -2.05. The van der Waals surface area contributed by atoms with Gasteiger partial charge in [0.05, 0.1) is 0 Å². The topological polar surface area (TPSA) is 40.7 Å². The summed E-state index contributed by atoms with van der Waals surface area (Å²) in [6.45, 7) is 0.888. The fraction of sp³-hybridized carbons (Fsp3) is 0.133. The van der Waals surface area contributed by atoms with Crippen molar-refractivity contribution in [2.24, 2.45) is 0 Å². The van der Waals surface area contributed by atoms with E-state index in [1.165, 1.54) is 16.5 Å². The normalized spacial score (nSPS) is 10.7. The molecule has 3 heteroatoms. The molecule has 0 saturated carbocycles. The number of nitrogens with zero attached hydrogens (tertiary/aromatic N) is 1. The van der Waals surface area contributed by atoms with Gasteiger partial charge >= 0.3 is 0 Å². The first-order chi connectivity index (χ1) is 8.93. The first-order valence-electron chi connectivity index (χ1n) is 6.13. The standard InChI is InChI=1S/C15H15N3/c1-2-6-14-13(5-1)12(11-18-14)8-10-17-15-7-3-4-9-16-15/h1-7,9,11,18H,8,10H2,(H,16,17). The van der Waals surface area contributed by atoms with Gasteiger partial charge in [0.2, 0.25) is 0 Å². The predicted molar refractivity (Wildman–Crippen MR) is 74.7 cm³/mol. The zero-order valence-electron chi connectivity index (χ0n) is 10.1. The number of fused-ring (bicyclic) bond motifs is 1. The number of anilines is 1. The Morgan fingerprint density at radius 3 is 2.83 bits per heavy atom. The molecular formula is C15H15N3. The molecule has 0 fully saturated rings. The van der Waals surface area contributed by atoms with Crippen LogP contribution in [0.4, 0.5) is 5.82 Å². The number of benzene rings is 1. The molecule has 0 aliphatic rings. The van der Waals surface area contributed by atoms with Crippen molar-refractivity contribution in [2.75, 3.05) is 11.9 Å². The average Bonchev–Trinajstić information content (AvgIpc) is 2.84. The summed E-state index contributed by atoms with van der Waals surface area (Å²) < 4.78 is 0. The molecule has 1 aromatic carbocycles. The van der Waals surface area contributed by atoms with Gasteiger partial charge in [-0.3, -0.25) is 0 Å². The summed E-state index contributed by atoms with van der Waals surface area (Å²) in [7, 11) is 0. The molecule has 0 amide bonds. The molecule has 2 aromatic heterocycles. The van der Waals surface area contributed by atoms with E-state index in [4.69, 9.17) is 0 Å². The number of rotatable bonds is 4. The number of nitrogens with one attached hydrogen (secondary N) is 2. The van der Waals surface area contributed by atoms with E-state index in [1.807, 2.05) is 18.2 Å². The number of hydrogen-bond donors (Lipinski definition) is 2. The highest BCUT2D eigenvalue weighted by Crippen LogP contribution is 2.17. The summed E-state index contributed by atoms with van der Waals surface area (Å²) in [5.41, 5.74) is 2.54. The zero-order valence-corrected chi connectivity index (χ0v) is 10.1. The Morgan fingerprint density at radius 1 is 1.06 bits per heavy atom. The van der Waals surface area contributed by atoms with Gasteiger partial charge in [-0.25, -0.2) is 4.98 Å². The molecule has 3 nitrogen and oxygen atoms in total. The molecular weight excluding hydrogens is 222 g/mol. The summed E-state index contributed by atoms with van der Waals surface area (Å²) in [6, 6.07) is 14.3. The highest BCUT2D eigenvalue weighted by molar-refractivity contribution is 5.83. The minimum atomic E-state index is 0.888. The molecule has 2 heterocycles. The van der Waals surface area contributed by atoms with Crippen molar-refractivity contribution < 1.29 is 0 Å². The van der Waals surface area contributed by atoms with E-state index in [1.54, 1.807) is 6.20 Å². The largest absolute Gasteiger partial charge is 0.370 e. The molecule has 90 valence electrons. The Balaban J connectivity index is 1.67. The van der Waals surface area contributed by atoms with E-state index < -0.39 is 0 Å². The Bertz CT molecular complexity index is 628. The van der Waals surface area contributed by atoms with Crippen molar-refractivity contribution in [3.8, 4) is 0 Å². The summed E-state index contributed by atoms with van der Waals surface area (Å²) in [5, 5.41) is 4.63. The number of H-pyrrole nitrogens is 1. The summed E-state index contributed by atoms with van der Waals surface area (Å²) in [5.74, 6) is 0.928. The van der Waals surface area contributed by atoms with E-state index in [0.29, 0.717) is 0 Å². The van der Waals surface area contributed by atoms with Gasteiger partial charge in [-0.15, -0.1) is 0 Å². The van der Waals surface area contributed by atoms with Crippen LogP contribution in [0, 0.1) is 0 Å². The van der Waals surface area contributed by atoms with E-state index in [0.717, 1.165) is 18.8 Å². The average molecular weight is 237 g/mol. The molecule has 3 rings (SSSR count). The van der Waals surface area contributed by atoms with Crippen LogP contribution in [0.5, 0.6) is 0 Å². The molecule has 0 saturated heterocycles. The van der Waals surface area contributed by atoms with Crippen LogP contribution < -0.4 is 5.32 Å². The first-order valence-corrected chi connectivity index (χ1v) is 6.13.